The van der Waals surface area contributed by atoms with Crippen LogP contribution in [0.3, 0.4) is 0 Å². The summed E-state index contributed by atoms with van der Waals surface area (Å²) in [4.78, 5) is 15.0. The number of ether oxygens (including phenoxy) is 1. The fourth-order valence-electron chi connectivity index (χ4n) is 2.04. The van der Waals surface area contributed by atoms with Gasteiger partial charge >= 0.3 is 0 Å². The Morgan fingerprint density at radius 3 is 2.10 bits per heavy atom. The van der Waals surface area contributed by atoms with Crippen molar-refractivity contribution in [3.63, 3.8) is 0 Å². The summed E-state index contributed by atoms with van der Waals surface area (Å²) < 4.78 is 5.21. The number of hydrogen-bond donors (Lipinski definition) is 1. The SMILES string of the molecule is CC.CCC.CCC1CON=C(C=O)C1.CCOc1ccccc1.CNCC(C)C. The van der Waals surface area contributed by atoms with Crippen molar-refractivity contribution in [1.82, 2.24) is 5.32 Å². The summed E-state index contributed by atoms with van der Waals surface area (Å²) in [5.74, 6) is 2.22. The number of nitrogens with zero attached hydrogens (tertiary/aromatic N) is 1. The van der Waals surface area contributed by atoms with Crippen LogP contribution in [0.1, 0.15) is 74.7 Å². The Bertz CT molecular complexity index is 477. The minimum atomic E-state index is 0.484. The van der Waals surface area contributed by atoms with E-state index in [9.17, 15) is 4.79 Å². The van der Waals surface area contributed by atoms with Gasteiger partial charge in [-0.25, -0.2) is 0 Å². The van der Waals surface area contributed by atoms with Crippen LogP contribution in [0.4, 0.5) is 0 Å². The number of aldehydes is 1. The van der Waals surface area contributed by atoms with E-state index in [-0.39, 0.29) is 0 Å². The van der Waals surface area contributed by atoms with Crippen molar-refractivity contribution in [3.05, 3.63) is 30.3 Å². The molecule has 2 rings (SSSR count). The first kappa shape index (κ1) is 32.8. The van der Waals surface area contributed by atoms with Crippen LogP contribution >= 0.6 is 0 Å². The normalized spacial score (nSPS) is 13.8. The molecule has 1 heterocycles. The minimum Gasteiger partial charge on any atom is -0.494 e. The predicted molar refractivity (Wildman–Crippen MR) is 132 cm³/mol. The average Bonchev–Trinajstić information content (AvgIpc) is 2.77. The Kier molecular flexibility index (Phi) is 29.6. The van der Waals surface area contributed by atoms with Gasteiger partial charge in [-0.2, -0.15) is 0 Å². The van der Waals surface area contributed by atoms with E-state index in [1.54, 1.807) is 0 Å². The van der Waals surface area contributed by atoms with Crippen LogP contribution in [-0.4, -0.2) is 38.8 Å². The van der Waals surface area contributed by atoms with E-state index in [0.717, 1.165) is 43.9 Å². The van der Waals surface area contributed by atoms with Crippen molar-refractivity contribution in [2.45, 2.75) is 74.7 Å². The predicted octanol–water partition coefficient (Wildman–Crippen LogP) is 6.38. The molecule has 1 aromatic rings. The lowest BCUT2D eigenvalue weighted by Gasteiger charge is -2.16. The van der Waals surface area contributed by atoms with Gasteiger partial charge in [-0.05, 0) is 45.0 Å². The first-order chi connectivity index (χ1) is 14.5. The molecule has 0 aromatic heterocycles. The zero-order valence-electron chi connectivity index (χ0n) is 21.0. The fraction of sp³-hybridized carbons (Fsp3) is 0.680. The lowest BCUT2D eigenvalue weighted by atomic mass is 10.0. The molecule has 30 heavy (non-hydrogen) atoms. The molecule has 0 fully saturated rings. The molecule has 5 nitrogen and oxygen atoms in total. The molecule has 0 spiro atoms. The van der Waals surface area contributed by atoms with Crippen LogP contribution in [0.2, 0.25) is 0 Å². The van der Waals surface area contributed by atoms with E-state index < -0.39 is 0 Å². The molecule has 1 aliphatic heterocycles. The van der Waals surface area contributed by atoms with Gasteiger partial charge in [0.25, 0.3) is 0 Å². The number of nitrogens with one attached hydrogen (secondary N) is 1. The molecule has 1 aromatic carbocycles. The molecule has 0 amide bonds. The molecule has 0 bridgehead atoms. The Hall–Kier alpha value is -1.88. The number of carbonyl (C=O) groups is 1. The number of benzene rings is 1. The molecule has 1 aliphatic rings. The van der Waals surface area contributed by atoms with Crippen molar-refractivity contribution in [1.29, 1.82) is 0 Å². The monoisotopic (exact) mass is 424 g/mol. The second-order valence-electron chi connectivity index (χ2n) is 6.88. The summed E-state index contributed by atoms with van der Waals surface area (Å²) >= 11 is 0. The maximum absolute atomic E-state index is 10.2. The smallest absolute Gasteiger partial charge is 0.167 e. The van der Waals surface area contributed by atoms with E-state index in [1.807, 2.05) is 58.2 Å². The quantitative estimate of drug-likeness (QED) is 0.538. The van der Waals surface area contributed by atoms with Gasteiger partial charge in [-0.15, -0.1) is 0 Å². The van der Waals surface area contributed by atoms with Crippen LogP contribution in [0, 0.1) is 11.8 Å². The van der Waals surface area contributed by atoms with Gasteiger partial charge in [0.1, 0.15) is 18.1 Å². The van der Waals surface area contributed by atoms with E-state index in [0.29, 0.717) is 18.2 Å². The molecule has 0 saturated heterocycles. The van der Waals surface area contributed by atoms with Gasteiger partial charge in [0.2, 0.25) is 0 Å². The Morgan fingerprint density at radius 2 is 1.73 bits per heavy atom. The third kappa shape index (κ3) is 24.2. The minimum absolute atomic E-state index is 0.484. The molecular weight excluding hydrogens is 376 g/mol. The number of carbonyl (C=O) groups excluding carboxylic acids is 1. The van der Waals surface area contributed by atoms with Gasteiger partial charge in [-0.3, -0.25) is 4.79 Å². The lowest BCUT2D eigenvalue weighted by Crippen LogP contribution is -2.19. The molecule has 5 heteroatoms. The van der Waals surface area contributed by atoms with Gasteiger partial charge in [-0.1, -0.05) is 78.2 Å². The first-order valence-electron chi connectivity index (χ1n) is 11.4. The van der Waals surface area contributed by atoms with Crippen molar-refractivity contribution in [3.8, 4) is 5.75 Å². The molecule has 176 valence electrons. The van der Waals surface area contributed by atoms with E-state index in [4.69, 9.17) is 9.57 Å². The molecule has 1 atom stereocenters. The number of rotatable bonds is 6. The molecule has 0 aliphatic carbocycles. The maximum Gasteiger partial charge on any atom is 0.167 e. The Balaban J connectivity index is -0.000000337. The highest BCUT2D eigenvalue weighted by Gasteiger charge is 2.15. The largest absolute Gasteiger partial charge is 0.494 e. The first-order valence-corrected chi connectivity index (χ1v) is 11.4. The van der Waals surface area contributed by atoms with Crippen LogP contribution in [0.5, 0.6) is 5.75 Å². The third-order valence-electron chi connectivity index (χ3n) is 3.37. The third-order valence-corrected chi connectivity index (χ3v) is 3.37. The van der Waals surface area contributed by atoms with E-state index >= 15 is 0 Å². The van der Waals surface area contributed by atoms with Gasteiger partial charge < -0.3 is 14.9 Å². The highest BCUT2D eigenvalue weighted by Crippen LogP contribution is 2.13. The van der Waals surface area contributed by atoms with Crippen molar-refractivity contribution >= 4 is 12.0 Å². The van der Waals surface area contributed by atoms with Gasteiger partial charge in [0.05, 0.1) is 6.61 Å². The Labute approximate surface area is 186 Å². The summed E-state index contributed by atoms with van der Waals surface area (Å²) in [5.41, 5.74) is 0.540. The van der Waals surface area contributed by atoms with Crippen molar-refractivity contribution < 1.29 is 14.4 Å². The Morgan fingerprint density at radius 1 is 1.17 bits per heavy atom. The maximum atomic E-state index is 10.2. The highest BCUT2D eigenvalue weighted by atomic mass is 16.6. The van der Waals surface area contributed by atoms with Gasteiger partial charge in [0, 0.05) is 12.3 Å². The molecule has 1 N–H and O–H groups in total. The fourth-order valence-corrected chi connectivity index (χ4v) is 2.04. The summed E-state index contributed by atoms with van der Waals surface area (Å²) in [6, 6.07) is 9.80. The molecule has 0 saturated carbocycles. The summed E-state index contributed by atoms with van der Waals surface area (Å²) in [6.45, 7) is 19.2. The number of oxime groups is 1. The van der Waals surface area contributed by atoms with Crippen LogP contribution in [0.25, 0.3) is 0 Å². The van der Waals surface area contributed by atoms with Gasteiger partial charge in [0.15, 0.2) is 6.29 Å². The van der Waals surface area contributed by atoms with Crippen molar-refractivity contribution in [2.75, 3.05) is 26.8 Å². The van der Waals surface area contributed by atoms with Crippen LogP contribution < -0.4 is 10.1 Å². The topological polar surface area (TPSA) is 59.9 Å². The zero-order chi connectivity index (χ0) is 23.6. The zero-order valence-corrected chi connectivity index (χ0v) is 21.0. The van der Waals surface area contributed by atoms with E-state index in [2.05, 4.69) is 45.1 Å². The lowest BCUT2D eigenvalue weighted by molar-refractivity contribution is -0.103. The molecule has 1 unspecified atom stereocenters. The standard InChI is InChI=1S/C8H10O.C7H11NO2.C5H13N.C3H8.C2H6/c1-2-9-8-6-4-3-5-7-8;1-2-6-3-7(4-9)8-10-5-6;1-5(2)4-6-3;1-3-2;1-2/h3-7H,2H2,1H3;4,6H,2-3,5H2,1H3;5-6H,4H2,1-3H3;3H2,1-2H3;1-2H3. The van der Waals surface area contributed by atoms with Crippen LogP contribution in [-0.2, 0) is 9.63 Å². The van der Waals surface area contributed by atoms with Crippen molar-refractivity contribution in [2.24, 2.45) is 17.0 Å². The second-order valence-corrected chi connectivity index (χ2v) is 6.88. The second kappa shape index (κ2) is 27.1. The number of hydrogen-bond acceptors (Lipinski definition) is 5. The van der Waals surface area contributed by atoms with E-state index in [1.165, 1.54) is 6.42 Å². The molecular formula is C25H48N2O3. The number of para-hydroxylation sites is 1. The van der Waals surface area contributed by atoms with Crippen LogP contribution in [0.15, 0.2) is 35.5 Å². The highest BCUT2D eigenvalue weighted by molar-refractivity contribution is 6.28. The summed E-state index contributed by atoms with van der Waals surface area (Å²) in [7, 11) is 1.97. The summed E-state index contributed by atoms with van der Waals surface area (Å²) in [5, 5.41) is 6.66. The summed E-state index contributed by atoms with van der Waals surface area (Å²) in [6.07, 6.45) is 3.84. The molecule has 0 radical (unpaired) electrons. The average molecular weight is 425 g/mol.